The van der Waals surface area contributed by atoms with Crippen molar-refractivity contribution in [1.82, 2.24) is 10.2 Å². The molecule has 2 aromatic carbocycles. The van der Waals surface area contributed by atoms with Crippen LogP contribution in [-0.4, -0.2) is 48.8 Å². The van der Waals surface area contributed by atoms with Crippen LogP contribution in [0.2, 0.25) is 0 Å². The third-order valence-corrected chi connectivity index (χ3v) is 5.83. The summed E-state index contributed by atoms with van der Waals surface area (Å²) in [4.78, 5) is 14.1. The standard InChI is InChI=1S/C23H28N2O4/c1-17(26)24-23(19-5-3-2-4-6-19)9-11-25(12-10-23)16-20(27)18-7-8-21-22(15-18)29-14-13-28-21/h2-8,15,20,27H,9-14,16H2,1H3,(H,24,26). The number of nitrogens with zero attached hydrogens (tertiary/aromatic N) is 1. The number of aliphatic hydroxyl groups excluding tert-OH is 1. The highest BCUT2D eigenvalue weighted by Crippen LogP contribution is 2.35. The van der Waals surface area contributed by atoms with Crippen LogP contribution in [-0.2, 0) is 10.3 Å². The molecule has 2 aliphatic heterocycles. The van der Waals surface area contributed by atoms with Crippen LogP contribution in [0.3, 0.4) is 0 Å². The summed E-state index contributed by atoms with van der Waals surface area (Å²) in [7, 11) is 0. The molecule has 2 aromatic rings. The molecular weight excluding hydrogens is 368 g/mol. The lowest BCUT2D eigenvalue weighted by Crippen LogP contribution is -2.53. The summed E-state index contributed by atoms with van der Waals surface area (Å²) >= 11 is 0. The van der Waals surface area contributed by atoms with E-state index in [-0.39, 0.29) is 11.4 Å². The normalized spacial score (nSPS) is 19.4. The third kappa shape index (κ3) is 4.38. The Kier molecular flexibility index (Phi) is 5.74. The number of likely N-dealkylation sites (tertiary alicyclic amines) is 1. The Labute approximate surface area is 171 Å². The van der Waals surface area contributed by atoms with Gasteiger partial charge in [-0.1, -0.05) is 36.4 Å². The third-order valence-electron chi connectivity index (χ3n) is 5.83. The van der Waals surface area contributed by atoms with Crippen molar-refractivity contribution in [2.75, 3.05) is 32.8 Å². The van der Waals surface area contributed by atoms with Gasteiger partial charge >= 0.3 is 0 Å². The van der Waals surface area contributed by atoms with Crippen LogP contribution in [0.25, 0.3) is 0 Å². The maximum absolute atomic E-state index is 11.9. The summed E-state index contributed by atoms with van der Waals surface area (Å²) in [5, 5.41) is 14.0. The molecule has 0 radical (unpaired) electrons. The quantitative estimate of drug-likeness (QED) is 0.813. The topological polar surface area (TPSA) is 71.0 Å². The first-order valence-electron chi connectivity index (χ1n) is 10.2. The molecule has 2 heterocycles. The number of benzene rings is 2. The number of β-amino-alcohol motifs (C(OH)–C–C–N with tert-alkyl or cyclic N) is 1. The second-order valence-corrected chi connectivity index (χ2v) is 7.85. The summed E-state index contributed by atoms with van der Waals surface area (Å²) in [6.07, 6.45) is 1.02. The Morgan fingerprint density at radius 2 is 1.79 bits per heavy atom. The Bertz CT molecular complexity index is 847. The largest absolute Gasteiger partial charge is 0.486 e. The predicted molar refractivity (Wildman–Crippen MR) is 110 cm³/mol. The first-order chi connectivity index (χ1) is 14.1. The van der Waals surface area contributed by atoms with Gasteiger partial charge in [-0.15, -0.1) is 0 Å². The molecule has 29 heavy (non-hydrogen) atoms. The van der Waals surface area contributed by atoms with Crippen molar-refractivity contribution in [3.05, 3.63) is 59.7 Å². The zero-order valence-electron chi connectivity index (χ0n) is 16.8. The number of carbonyl (C=O) groups is 1. The lowest BCUT2D eigenvalue weighted by Gasteiger charge is -2.43. The lowest BCUT2D eigenvalue weighted by atomic mass is 9.80. The Morgan fingerprint density at radius 3 is 2.48 bits per heavy atom. The summed E-state index contributed by atoms with van der Waals surface area (Å²) < 4.78 is 11.2. The van der Waals surface area contributed by atoms with Crippen molar-refractivity contribution < 1.29 is 19.4 Å². The summed E-state index contributed by atoms with van der Waals surface area (Å²) in [6, 6.07) is 15.8. The van der Waals surface area contributed by atoms with E-state index in [4.69, 9.17) is 9.47 Å². The predicted octanol–water partition coefficient (Wildman–Crippen LogP) is 2.62. The molecule has 2 N–H and O–H groups in total. The van der Waals surface area contributed by atoms with Gasteiger partial charge in [0.25, 0.3) is 0 Å². The minimum atomic E-state index is -0.601. The van der Waals surface area contributed by atoms with Crippen LogP contribution < -0.4 is 14.8 Å². The van der Waals surface area contributed by atoms with Gasteiger partial charge in [0.1, 0.15) is 13.2 Å². The minimum absolute atomic E-state index is 0.0152. The van der Waals surface area contributed by atoms with E-state index >= 15 is 0 Å². The fourth-order valence-corrected chi connectivity index (χ4v) is 4.31. The highest BCUT2D eigenvalue weighted by atomic mass is 16.6. The zero-order chi connectivity index (χ0) is 20.3. The van der Waals surface area contributed by atoms with E-state index in [1.165, 1.54) is 0 Å². The molecule has 1 saturated heterocycles. The first-order valence-corrected chi connectivity index (χ1v) is 10.2. The van der Waals surface area contributed by atoms with Gasteiger partial charge in [0.05, 0.1) is 11.6 Å². The average molecular weight is 396 g/mol. The highest BCUT2D eigenvalue weighted by Gasteiger charge is 2.37. The van der Waals surface area contributed by atoms with Crippen LogP contribution in [0, 0.1) is 0 Å². The fourth-order valence-electron chi connectivity index (χ4n) is 4.31. The summed E-state index contributed by atoms with van der Waals surface area (Å²) in [6.45, 7) is 4.81. The van der Waals surface area contributed by atoms with Crippen molar-refractivity contribution in [3.8, 4) is 11.5 Å². The number of rotatable bonds is 5. The van der Waals surface area contributed by atoms with Gasteiger partial charge in [-0.3, -0.25) is 4.79 Å². The smallest absolute Gasteiger partial charge is 0.217 e. The minimum Gasteiger partial charge on any atom is -0.486 e. The van der Waals surface area contributed by atoms with Crippen molar-refractivity contribution in [2.45, 2.75) is 31.4 Å². The van der Waals surface area contributed by atoms with Gasteiger partial charge in [0.15, 0.2) is 11.5 Å². The van der Waals surface area contributed by atoms with Crippen LogP contribution in [0.5, 0.6) is 11.5 Å². The van der Waals surface area contributed by atoms with Crippen LogP contribution in [0.4, 0.5) is 0 Å². The zero-order valence-corrected chi connectivity index (χ0v) is 16.8. The Hall–Kier alpha value is -2.57. The van der Waals surface area contributed by atoms with E-state index in [1.54, 1.807) is 6.92 Å². The first kappa shape index (κ1) is 19.7. The second kappa shape index (κ2) is 8.43. The van der Waals surface area contributed by atoms with E-state index < -0.39 is 6.10 Å². The summed E-state index contributed by atoms with van der Waals surface area (Å²) in [5.74, 6) is 1.41. The second-order valence-electron chi connectivity index (χ2n) is 7.85. The van der Waals surface area contributed by atoms with E-state index in [9.17, 15) is 9.90 Å². The molecule has 1 unspecified atom stereocenters. The van der Waals surface area contributed by atoms with Gasteiger partial charge in [-0.25, -0.2) is 0 Å². The number of nitrogens with one attached hydrogen (secondary N) is 1. The maximum atomic E-state index is 11.9. The molecule has 0 bridgehead atoms. The van der Waals surface area contributed by atoms with E-state index in [0.717, 1.165) is 42.8 Å². The molecule has 0 saturated carbocycles. The molecule has 4 rings (SSSR count). The average Bonchev–Trinajstić information content (AvgIpc) is 2.75. The monoisotopic (exact) mass is 396 g/mol. The lowest BCUT2D eigenvalue weighted by molar-refractivity contribution is -0.121. The fraction of sp³-hybridized carbons (Fsp3) is 0.435. The van der Waals surface area contributed by atoms with Gasteiger partial charge in [0.2, 0.25) is 5.91 Å². The molecule has 1 fully saturated rings. The molecule has 0 spiro atoms. The number of aliphatic hydroxyl groups is 1. The van der Waals surface area contributed by atoms with Crippen molar-refractivity contribution in [2.24, 2.45) is 0 Å². The van der Waals surface area contributed by atoms with Crippen molar-refractivity contribution >= 4 is 5.91 Å². The summed E-state index contributed by atoms with van der Waals surface area (Å²) in [5.41, 5.74) is 1.63. The number of ether oxygens (including phenoxy) is 2. The number of hydrogen-bond donors (Lipinski definition) is 2. The molecular formula is C23H28N2O4. The molecule has 0 aromatic heterocycles. The van der Waals surface area contributed by atoms with Gasteiger partial charge in [-0.05, 0) is 36.1 Å². The van der Waals surface area contributed by atoms with Crippen LogP contribution in [0.15, 0.2) is 48.5 Å². The molecule has 6 heteroatoms. The van der Waals surface area contributed by atoms with Crippen LogP contribution >= 0.6 is 0 Å². The Balaban J connectivity index is 1.41. The van der Waals surface area contributed by atoms with Crippen molar-refractivity contribution in [3.63, 3.8) is 0 Å². The maximum Gasteiger partial charge on any atom is 0.217 e. The molecule has 6 nitrogen and oxygen atoms in total. The number of carbonyl (C=O) groups excluding carboxylic acids is 1. The van der Waals surface area contributed by atoms with E-state index in [1.807, 2.05) is 36.4 Å². The number of piperidine rings is 1. The molecule has 1 atom stereocenters. The number of hydrogen-bond acceptors (Lipinski definition) is 5. The molecule has 1 amide bonds. The van der Waals surface area contributed by atoms with Gasteiger partial charge in [0, 0.05) is 26.6 Å². The molecule has 0 aliphatic carbocycles. The van der Waals surface area contributed by atoms with Crippen molar-refractivity contribution in [1.29, 1.82) is 0 Å². The van der Waals surface area contributed by atoms with Crippen LogP contribution in [0.1, 0.15) is 37.0 Å². The van der Waals surface area contributed by atoms with Gasteiger partial charge in [-0.2, -0.15) is 0 Å². The SMILES string of the molecule is CC(=O)NC1(c2ccccc2)CCN(CC(O)c2ccc3c(c2)OCCO3)CC1. The molecule has 154 valence electrons. The Morgan fingerprint density at radius 1 is 1.10 bits per heavy atom. The van der Waals surface area contributed by atoms with Gasteiger partial charge < -0.3 is 24.8 Å². The van der Waals surface area contributed by atoms with E-state index in [0.29, 0.717) is 25.5 Å². The number of amides is 1. The van der Waals surface area contributed by atoms with E-state index in [2.05, 4.69) is 22.3 Å². The molecule has 2 aliphatic rings. The highest BCUT2D eigenvalue weighted by molar-refractivity contribution is 5.74. The number of fused-ring (bicyclic) bond motifs is 1.